The van der Waals surface area contributed by atoms with Crippen molar-refractivity contribution >= 4 is 23.9 Å². The molecule has 0 radical (unpaired) electrons. The molecule has 0 unspecified atom stereocenters. The maximum absolute atomic E-state index is 14.4. The Morgan fingerprint density at radius 2 is 0.877 bits per heavy atom. The fourth-order valence-electron chi connectivity index (χ4n) is 8.30. The Hall–Kier alpha value is -7.88. The summed E-state index contributed by atoms with van der Waals surface area (Å²) in [7, 11) is 0. The number of benzene rings is 4. The molecule has 4 aliphatic rings. The Balaban J connectivity index is 1.44. The number of aliphatic hydroxyl groups is 5. The number of cyclic esters (lactones) is 3. The van der Waals surface area contributed by atoms with Crippen LogP contribution in [0.2, 0.25) is 0 Å². The van der Waals surface area contributed by atoms with E-state index in [-0.39, 0.29) is 0 Å². The first-order chi connectivity index (χ1) is 30.4. The fourth-order valence-corrected chi connectivity index (χ4v) is 8.30. The number of aliphatic hydroxyl groups excluding tert-OH is 4. The molecule has 8 rings (SSSR count). The number of carbonyl (C=O) groups is 4. The molecule has 65 heavy (non-hydrogen) atoms. The maximum Gasteiger partial charge on any atom is 0.339 e. The first kappa shape index (κ1) is 43.8. The summed E-state index contributed by atoms with van der Waals surface area (Å²) in [5.41, 5.74) is -10.4. The SMILES string of the molecule is O=C1OC[C@@H](O)[C@H]([C@@H]2OC(=O)c3cc(O)c(O)c(O)c3-c3c(O)c(O)c(O)c4c3C(=O)O[C@@H]2[C@@H]4[C@]2(O)OC[C@H](O)[C@@H](O)[C@H]2O)OC(=O)c2cc(O)c(O)c(O)c2-c2c1cc(O)c(O)c2O. The van der Waals surface area contributed by atoms with Crippen LogP contribution in [0, 0.1) is 0 Å². The van der Waals surface area contributed by atoms with Crippen LogP contribution < -0.4 is 0 Å². The Labute approximate surface area is 358 Å². The summed E-state index contributed by atoms with van der Waals surface area (Å²) in [4.78, 5) is 56.9. The van der Waals surface area contributed by atoms with Crippen LogP contribution in [0.25, 0.3) is 22.3 Å². The second-order valence-corrected chi connectivity index (χ2v) is 15.1. The number of carbonyl (C=O) groups excluding carboxylic acids is 4. The van der Waals surface area contributed by atoms with Crippen molar-refractivity contribution in [1.82, 2.24) is 0 Å². The second-order valence-electron chi connectivity index (χ2n) is 15.1. The van der Waals surface area contributed by atoms with Gasteiger partial charge in [0.25, 0.3) is 0 Å². The van der Waals surface area contributed by atoms with Gasteiger partial charge < -0.3 is 110 Å². The van der Waals surface area contributed by atoms with Crippen molar-refractivity contribution in [2.24, 2.45) is 0 Å². The lowest BCUT2D eigenvalue weighted by Crippen LogP contribution is -2.68. The van der Waals surface area contributed by atoms with Gasteiger partial charge in [-0.1, -0.05) is 0 Å². The highest BCUT2D eigenvalue weighted by Crippen LogP contribution is 2.60. The molecule has 4 aromatic rings. The zero-order valence-electron chi connectivity index (χ0n) is 32.0. The molecule has 0 aliphatic carbocycles. The molecular formula is C39H32O26. The second kappa shape index (κ2) is 14.9. The lowest BCUT2D eigenvalue weighted by atomic mass is 9.71. The molecule has 1 saturated heterocycles. The van der Waals surface area contributed by atoms with Crippen LogP contribution in [-0.4, -0.2) is 172 Å². The Bertz CT molecular complexity index is 2780. The summed E-state index contributed by atoms with van der Waals surface area (Å²) in [6.45, 7) is -2.55. The molecule has 26 nitrogen and oxygen atoms in total. The first-order valence-corrected chi connectivity index (χ1v) is 18.5. The summed E-state index contributed by atoms with van der Waals surface area (Å²) in [5.74, 6) is -30.9. The lowest BCUT2D eigenvalue weighted by molar-refractivity contribution is -0.341. The van der Waals surface area contributed by atoms with Gasteiger partial charge >= 0.3 is 23.9 Å². The Morgan fingerprint density at radius 3 is 1.38 bits per heavy atom. The van der Waals surface area contributed by atoms with Crippen molar-refractivity contribution in [2.75, 3.05) is 13.2 Å². The smallest absolute Gasteiger partial charge is 0.339 e. The number of esters is 4. The molecule has 0 aromatic heterocycles. The molecule has 4 aromatic carbocycles. The zero-order chi connectivity index (χ0) is 47.6. The van der Waals surface area contributed by atoms with Crippen molar-refractivity contribution in [3.63, 3.8) is 0 Å². The standard InChI is InChI=1S/C39H32O26/c40-9-1-6-14(25(49)21(9)45)15-7(2-10(41)22(46)26(15)50)36(57)63-31(13(44)4-61-35(6)56)33-32-20(39(60)34(55)24(48)12(43)5-62-39)19-18(38(59)64-32)17(28(52)30(54)29(19)53)16-8(37(58)65-33)3-11(42)23(47)27(16)51/h1-3,12-13,20,24,31-34,40-55,60H,4-5H2/t12-,13+,20+,24+,31+,32+,33-,34+,39-/m0/s1. The summed E-state index contributed by atoms with van der Waals surface area (Å²) < 4.78 is 27.4. The van der Waals surface area contributed by atoms with E-state index in [9.17, 15) is 106 Å². The van der Waals surface area contributed by atoms with Gasteiger partial charge in [-0.3, -0.25) is 0 Å². The third-order valence-electron chi connectivity index (χ3n) is 11.4. The number of phenols is 12. The number of hydrogen-bond acceptors (Lipinski definition) is 26. The minimum Gasteiger partial charge on any atom is -0.504 e. The number of aromatic hydroxyl groups is 12. The van der Waals surface area contributed by atoms with Crippen molar-refractivity contribution in [3.8, 4) is 91.2 Å². The van der Waals surface area contributed by atoms with Gasteiger partial charge in [-0.2, -0.15) is 0 Å². The number of phenolic OH excluding ortho intramolecular Hbond substituents is 12. The van der Waals surface area contributed by atoms with E-state index < -0.39 is 211 Å². The summed E-state index contributed by atoms with van der Waals surface area (Å²) in [6.07, 6.45) is -18.1. The normalized spacial score (nSPS) is 27.5. The minimum absolute atomic E-state index is 0.344. The predicted molar refractivity (Wildman–Crippen MR) is 199 cm³/mol. The van der Waals surface area contributed by atoms with Gasteiger partial charge in [0.15, 0.2) is 64.3 Å². The van der Waals surface area contributed by atoms with E-state index in [2.05, 4.69) is 0 Å². The monoisotopic (exact) mass is 916 g/mol. The van der Waals surface area contributed by atoms with Crippen molar-refractivity contribution < 1.29 is 130 Å². The van der Waals surface area contributed by atoms with E-state index in [1.54, 1.807) is 0 Å². The minimum atomic E-state index is -3.57. The van der Waals surface area contributed by atoms with Crippen LogP contribution in [0.4, 0.5) is 0 Å². The van der Waals surface area contributed by atoms with Crippen LogP contribution in [0.15, 0.2) is 18.2 Å². The van der Waals surface area contributed by atoms with Gasteiger partial charge in [-0.05, 0) is 18.2 Å². The number of hydrogen-bond donors (Lipinski definition) is 17. The van der Waals surface area contributed by atoms with Gasteiger partial charge in [0.05, 0.1) is 34.8 Å². The number of fused-ring (bicyclic) bond motifs is 7. The largest absolute Gasteiger partial charge is 0.504 e. The van der Waals surface area contributed by atoms with Gasteiger partial charge in [-0.25, -0.2) is 19.2 Å². The topological polar surface area (TPSA) is 458 Å². The average molecular weight is 917 g/mol. The Morgan fingerprint density at radius 1 is 0.446 bits per heavy atom. The van der Waals surface area contributed by atoms with Gasteiger partial charge in [0, 0.05) is 27.8 Å². The molecule has 26 heteroatoms. The molecule has 4 heterocycles. The maximum atomic E-state index is 14.4. The highest BCUT2D eigenvalue weighted by molar-refractivity contribution is 6.11. The summed E-state index contributed by atoms with van der Waals surface area (Å²) in [6, 6.07) is 1.16. The average Bonchev–Trinajstić information content (AvgIpc) is 3.27. The van der Waals surface area contributed by atoms with E-state index in [0.29, 0.717) is 18.2 Å². The lowest BCUT2D eigenvalue weighted by Gasteiger charge is -2.51. The molecule has 4 aliphatic heterocycles. The summed E-state index contributed by atoms with van der Waals surface area (Å²) >= 11 is 0. The third-order valence-corrected chi connectivity index (χ3v) is 11.4. The zero-order valence-corrected chi connectivity index (χ0v) is 32.0. The van der Waals surface area contributed by atoms with E-state index in [1.807, 2.05) is 0 Å². The van der Waals surface area contributed by atoms with Gasteiger partial charge in [-0.15, -0.1) is 0 Å². The molecule has 344 valence electrons. The Kier molecular flexibility index (Phi) is 10.0. The predicted octanol–water partition coefficient (Wildman–Crippen LogP) is -1.79. The van der Waals surface area contributed by atoms with Crippen molar-refractivity contribution in [3.05, 3.63) is 46.0 Å². The third kappa shape index (κ3) is 6.18. The summed E-state index contributed by atoms with van der Waals surface area (Å²) in [5, 5.41) is 187. The van der Waals surface area contributed by atoms with Crippen LogP contribution >= 0.6 is 0 Å². The first-order valence-electron chi connectivity index (χ1n) is 18.5. The van der Waals surface area contributed by atoms with E-state index >= 15 is 0 Å². The van der Waals surface area contributed by atoms with Crippen LogP contribution in [0.1, 0.15) is 52.9 Å². The molecule has 2 bridgehead atoms. The van der Waals surface area contributed by atoms with E-state index in [1.165, 1.54) is 0 Å². The quantitative estimate of drug-likeness (QED) is 0.0599. The van der Waals surface area contributed by atoms with Crippen LogP contribution in [-0.2, 0) is 23.7 Å². The van der Waals surface area contributed by atoms with Crippen molar-refractivity contribution in [2.45, 2.75) is 54.4 Å². The highest BCUT2D eigenvalue weighted by atomic mass is 16.7. The van der Waals surface area contributed by atoms with Gasteiger partial charge in [0.1, 0.15) is 31.0 Å². The van der Waals surface area contributed by atoms with Gasteiger partial charge in [0.2, 0.25) is 28.8 Å². The van der Waals surface area contributed by atoms with Crippen molar-refractivity contribution in [1.29, 1.82) is 0 Å². The molecule has 0 amide bonds. The molecule has 0 spiro atoms. The van der Waals surface area contributed by atoms with Crippen LogP contribution in [0.5, 0.6) is 69.0 Å². The fraction of sp³-hybridized carbons (Fsp3) is 0.282. The number of rotatable bonds is 2. The molecule has 9 atom stereocenters. The molecular weight excluding hydrogens is 884 g/mol. The van der Waals surface area contributed by atoms with Crippen LogP contribution in [0.3, 0.4) is 0 Å². The molecule has 1 fully saturated rings. The number of ether oxygens (including phenoxy) is 5. The molecule has 0 saturated carbocycles. The molecule has 17 N–H and O–H groups in total. The van der Waals surface area contributed by atoms with E-state index in [4.69, 9.17) is 23.7 Å². The van der Waals surface area contributed by atoms with E-state index in [0.717, 1.165) is 0 Å². The highest BCUT2D eigenvalue weighted by Gasteiger charge is 2.64.